The zero-order valence-corrected chi connectivity index (χ0v) is 14.8. The molecule has 0 amide bonds. The number of nitro groups is 1. The summed E-state index contributed by atoms with van der Waals surface area (Å²) in [6.07, 6.45) is 0.702. The fourth-order valence-corrected chi connectivity index (χ4v) is 2.38. The van der Waals surface area contributed by atoms with Gasteiger partial charge in [0.1, 0.15) is 12.1 Å². The van der Waals surface area contributed by atoms with Crippen molar-refractivity contribution >= 4 is 33.1 Å². The molecule has 0 fully saturated rings. The third-order valence-corrected chi connectivity index (χ3v) is 3.92. The molecule has 0 unspecified atom stereocenters. The first kappa shape index (κ1) is 20.4. The highest BCUT2D eigenvalue weighted by atomic mass is 32.2. The van der Waals surface area contributed by atoms with Gasteiger partial charge in [-0.05, 0) is 26.0 Å². The van der Waals surface area contributed by atoms with Gasteiger partial charge in [-0.25, -0.2) is 8.42 Å². The van der Waals surface area contributed by atoms with E-state index >= 15 is 0 Å². The highest BCUT2D eigenvalue weighted by Gasteiger charge is 2.19. The van der Waals surface area contributed by atoms with Gasteiger partial charge in [0.2, 0.25) is 5.90 Å². The first-order chi connectivity index (χ1) is 11.7. The summed E-state index contributed by atoms with van der Waals surface area (Å²) in [7, 11) is -3.59. The van der Waals surface area contributed by atoms with Crippen LogP contribution in [-0.4, -0.2) is 44.7 Å². The minimum Gasteiger partial charge on any atom is -0.480 e. The van der Waals surface area contributed by atoms with Crippen LogP contribution in [0.4, 0.5) is 11.4 Å². The van der Waals surface area contributed by atoms with Crippen LogP contribution >= 0.6 is 0 Å². The Bertz CT molecular complexity index is 775. The maximum Gasteiger partial charge on any atom is 0.315 e. The number of anilines is 1. The van der Waals surface area contributed by atoms with Crippen molar-refractivity contribution in [3.05, 3.63) is 28.3 Å². The summed E-state index contributed by atoms with van der Waals surface area (Å²) in [4.78, 5) is 21.7. The molecule has 0 atom stereocenters. The Morgan fingerprint density at radius 3 is 2.44 bits per heavy atom. The van der Waals surface area contributed by atoms with E-state index in [9.17, 15) is 23.3 Å². The van der Waals surface area contributed by atoms with Crippen LogP contribution in [0.15, 0.2) is 28.2 Å². The zero-order valence-electron chi connectivity index (χ0n) is 14.0. The van der Waals surface area contributed by atoms with Crippen LogP contribution in [0.25, 0.3) is 0 Å². The van der Waals surface area contributed by atoms with E-state index in [1.54, 1.807) is 13.8 Å². The lowest BCUT2D eigenvalue weighted by atomic mass is 10.3. The molecule has 0 bridgehead atoms. The first-order valence-corrected chi connectivity index (χ1v) is 9.17. The Kier molecular flexibility index (Phi) is 7.30. The predicted molar refractivity (Wildman–Crippen MR) is 90.1 cm³/mol. The summed E-state index contributed by atoms with van der Waals surface area (Å²) < 4.78 is 33.0. The molecule has 0 radical (unpaired) electrons. The number of hydrazone groups is 1. The van der Waals surface area contributed by atoms with Gasteiger partial charge in [0.15, 0.2) is 9.84 Å². The van der Waals surface area contributed by atoms with Crippen molar-refractivity contribution in [3.8, 4) is 0 Å². The van der Waals surface area contributed by atoms with E-state index in [1.807, 2.05) is 0 Å². The van der Waals surface area contributed by atoms with Gasteiger partial charge in [0, 0.05) is 12.3 Å². The van der Waals surface area contributed by atoms with E-state index in [0.29, 0.717) is 0 Å². The number of rotatable bonds is 8. The SMILES string of the molecule is CCOC(=O)C/C(=N/Nc1ccc(S(C)(=O)=O)cc1[N+](=O)[O-])OCC. The number of hydrogen-bond donors (Lipinski definition) is 1. The largest absolute Gasteiger partial charge is 0.480 e. The third kappa shape index (κ3) is 6.37. The molecule has 1 aromatic rings. The number of ether oxygens (including phenoxy) is 2. The number of nitrogens with one attached hydrogen (secondary N) is 1. The highest BCUT2D eigenvalue weighted by molar-refractivity contribution is 7.90. The van der Waals surface area contributed by atoms with Gasteiger partial charge in [-0.2, -0.15) is 0 Å². The van der Waals surface area contributed by atoms with Crippen molar-refractivity contribution in [2.24, 2.45) is 5.10 Å². The first-order valence-electron chi connectivity index (χ1n) is 7.28. The van der Waals surface area contributed by atoms with E-state index in [0.717, 1.165) is 12.3 Å². The van der Waals surface area contributed by atoms with Crippen molar-refractivity contribution < 1.29 is 27.6 Å². The summed E-state index contributed by atoms with van der Waals surface area (Å²) in [5.41, 5.74) is 1.91. The minimum atomic E-state index is -3.59. The van der Waals surface area contributed by atoms with Crippen molar-refractivity contribution in [2.45, 2.75) is 25.2 Å². The van der Waals surface area contributed by atoms with E-state index in [-0.39, 0.29) is 36.1 Å². The maximum absolute atomic E-state index is 11.5. The van der Waals surface area contributed by atoms with Gasteiger partial charge >= 0.3 is 5.97 Å². The minimum absolute atomic E-state index is 0.0116. The molecule has 1 rings (SSSR count). The molecule has 0 saturated carbocycles. The Balaban J connectivity index is 3.10. The normalized spacial score (nSPS) is 11.7. The van der Waals surface area contributed by atoms with E-state index < -0.39 is 26.4 Å². The molecule has 0 aliphatic heterocycles. The summed E-state index contributed by atoms with van der Waals surface area (Å²) >= 11 is 0. The summed E-state index contributed by atoms with van der Waals surface area (Å²) in [5.74, 6) is -0.569. The molecule has 0 aliphatic carbocycles. The molecule has 1 N–H and O–H groups in total. The van der Waals surface area contributed by atoms with Crippen LogP contribution in [0.5, 0.6) is 0 Å². The van der Waals surface area contributed by atoms with Gasteiger partial charge in [-0.1, -0.05) is 0 Å². The molecule has 0 saturated heterocycles. The number of nitro benzene ring substituents is 1. The molecule has 0 spiro atoms. The Morgan fingerprint density at radius 1 is 1.28 bits per heavy atom. The average Bonchev–Trinajstić information content (AvgIpc) is 2.51. The van der Waals surface area contributed by atoms with Crippen molar-refractivity contribution in [2.75, 3.05) is 24.9 Å². The Hall–Kier alpha value is -2.69. The number of carbonyl (C=O) groups excluding carboxylic acids is 1. The topological polar surface area (TPSA) is 137 Å². The van der Waals surface area contributed by atoms with Crippen LogP contribution in [0.2, 0.25) is 0 Å². The second kappa shape index (κ2) is 8.97. The van der Waals surface area contributed by atoms with Gasteiger partial charge in [0.05, 0.1) is 23.0 Å². The molecular weight excluding hydrogens is 354 g/mol. The Labute approximate surface area is 144 Å². The average molecular weight is 373 g/mol. The molecule has 25 heavy (non-hydrogen) atoms. The number of sulfone groups is 1. The summed E-state index contributed by atoms with van der Waals surface area (Å²) in [6.45, 7) is 3.77. The predicted octanol–water partition coefficient (Wildman–Crippen LogP) is 1.71. The number of carbonyl (C=O) groups is 1. The van der Waals surface area contributed by atoms with Gasteiger partial charge in [0.25, 0.3) is 5.69 Å². The quantitative estimate of drug-likeness (QED) is 0.239. The van der Waals surface area contributed by atoms with Crippen molar-refractivity contribution in [1.29, 1.82) is 0 Å². The van der Waals surface area contributed by atoms with Crippen LogP contribution in [0.3, 0.4) is 0 Å². The van der Waals surface area contributed by atoms with Gasteiger partial charge in [-0.15, -0.1) is 5.10 Å². The fraction of sp³-hybridized carbons (Fsp3) is 0.429. The molecule has 138 valence electrons. The van der Waals surface area contributed by atoms with Crippen LogP contribution < -0.4 is 5.43 Å². The van der Waals surface area contributed by atoms with E-state index in [1.165, 1.54) is 12.1 Å². The number of hydrogen-bond acceptors (Lipinski definition) is 9. The number of nitrogens with zero attached hydrogens (tertiary/aromatic N) is 2. The zero-order chi connectivity index (χ0) is 19.0. The lowest BCUT2D eigenvalue weighted by molar-refractivity contribution is -0.384. The van der Waals surface area contributed by atoms with Crippen molar-refractivity contribution in [1.82, 2.24) is 0 Å². The summed E-state index contributed by atoms with van der Waals surface area (Å²) in [5, 5.41) is 15.0. The second-order valence-electron chi connectivity index (χ2n) is 4.74. The molecule has 0 aromatic heterocycles. The second-order valence-corrected chi connectivity index (χ2v) is 6.76. The molecule has 0 heterocycles. The number of esters is 1. The lowest BCUT2D eigenvalue weighted by Crippen LogP contribution is -2.15. The molecule has 0 aliphatic rings. The van der Waals surface area contributed by atoms with Crippen LogP contribution in [0.1, 0.15) is 20.3 Å². The molecule has 10 nitrogen and oxygen atoms in total. The summed E-state index contributed by atoms with van der Waals surface area (Å²) in [6, 6.07) is 3.36. The maximum atomic E-state index is 11.5. The third-order valence-electron chi connectivity index (χ3n) is 2.81. The smallest absolute Gasteiger partial charge is 0.315 e. The molecule has 1 aromatic carbocycles. The van der Waals surface area contributed by atoms with Crippen molar-refractivity contribution in [3.63, 3.8) is 0 Å². The van der Waals surface area contributed by atoms with Gasteiger partial charge < -0.3 is 9.47 Å². The molecular formula is C14H19N3O7S. The van der Waals surface area contributed by atoms with E-state index in [2.05, 4.69) is 10.5 Å². The highest BCUT2D eigenvalue weighted by Crippen LogP contribution is 2.27. The Morgan fingerprint density at radius 2 is 1.92 bits per heavy atom. The van der Waals surface area contributed by atoms with E-state index in [4.69, 9.17) is 9.47 Å². The standard InChI is InChI=1S/C14H19N3O7S/c1-4-23-13(9-14(18)24-5-2)16-15-11-7-6-10(25(3,21)22)8-12(11)17(19)20/h6-8,15H,4-5,9H2,1-3H3/b16-13-. The lowest BCUT2D eigenvalue weighted by Gasteiger charge is -2.09. The fourth-order valence-electron chi connectivity index (χ4n) is 1.74. The van der Waals surface area contributed by atoms with Crippen LogP contribution in [0, 0.1) is 10.1 Å². The monoisotopic (exact) mass is 373 g/mol. The van der Waals surface area contributed by atoms with Crippen LogP contribution in [-0.2, 0) is 24.1 Å². The molecule has 11 heteroatoms. The number of benzene rings is 1. The van der Waals surface area contributed by atoms with Gasteiger partial charge in [-0.3, -0.25) is 20.3 Å².